The summed E-state index contributed by atoms with van der Waals surface area (Å²) in [6.07, 6.45) is 0.490. The van der Waals surface area contributed by atoms with Crippen LogP contribution in [0.4, 0.5) is 4.79 Å². The van der Waals surface area contributed by atoms with Gasteiger partial charge < -0.3 is 29.0 Å². The first kappa shape index (κ1) is 20.6. The van der Waals surface area contributed by atoms with E-state index in [0.717, 1.165) is 0 Å². The molecule has 0 aromatic carbocycles. The first-order valence-corrected chi connectivity index (χ1v) is 7.41. The third kappa shape index (κ3) is 15.0. The summed E-state index contributed by atoms with van der Waals surface area (Å²) in [5.41, 5.74) is 0. The Bertz CT molecular complexity index is 286. The lowest BCUT2D eigenvalue weighted by Crippen LogP contribution is -2.28. The van der Waals surface area contributed by atoms with Crippen molar-refractivity contribution in [1.29, 1.82) is 0 Å². The van der Waals surface area contributed by atoms with Crippen LogP contribution in [-0.4, -0.2) is 72.0 Å². The molecule has 1 amide bonds. The van der Waals surface area contributed by atoms with Crippen LogP contribution in [-0.2, 0) is 28.5 Å². The van der Waals surface area contributed by atoms with E-state index < -0.39 is 6.09 Å². The van der Waals surface area contributed by atoms with Crippen LogP contribution in [0.2, 0.25) is 0 Å². The number of amides is 1. The number of esters is 1. The zero-order chi connectivity index (χ0) is 16.5. The molecule has 0 aromatic rings. The molecule has 0 aliphatic heterocycles. The summed E-state index contributed by atoms with van der Waals surface area (Å²) in [6, 6.07) is 0. The molecule has 0 aliphatic rings. The molecule has 0 rings (SSSR count). The fourth-order valence-electron chi connectivity index (χ4n) is 1.36. The summed E-state index contributed by atoms with van der Waals surface area (Å²) in [5.74, 6) is -0.248. The number of nitrogens with one attached hydrogen (secondary N) is 1. The fourth-order valence-corrected chi connectivity index (χ4v) is 1.36. The highest BCUT2D eigenvalue weighted by Gasteiger charge is 2.02. The van der Waals surface area contributed by atoms with E-state index >= 15 is 0 Å². The van der Waals surface area contributed by atoms with Gasteiger partial charge in [0.25, 0.3) is 0 Å². The van der Waals surface area contributed by atoms with Gasteiger partial charge in [0, 0.05) is 26.7 Å². The first-order chi connectivity index (χ1) is 10.7. The number of rotatable bonds is 14. The van der Waals surface area contributed by atoms with Crippen molar-refractivity contribution < 1.29 is 33.3 Å². The van der Waals surface area contributed by atoms with Gasteiger partial charge in [-0.05, 0) is 13.3 Å². The number of carbonyl (C=O) groups is 2. The minimum atomic E-state index is -0.445. The van der Waals surface area contributed by atoms with Gasteiger partial charge in [0.05, 0.1) is 33.0 Å². The molecular formula is C14H27NO7. The van der Waals surface area contributed by atoms with Crippen molar-refractivity contribution in [1.82, 2.24) is 5.32 Å². The smallest absolute Gasteiger partial charge is 0.407 e. The van der Waals surface area contributed by atoms with Crippen LogP contribution in [0.5, 0.6) is 0 Å². The molecule has 0 unspecified atom stereocenters. The van der Waals surface area contributed by atoms with Crippen LogP contribution in [0, 0.1) is 0 Å². The van der Waals surface area contributed by atoms with Crippen molar-refractivity contribution in [2.24, 2.45) is 0 Å². The van der Waals surface area contributed by atoms with Gasteiger partial charge in [-0.15, -0.1) is 0 Å². The van der Waals surface area contributed by atoms with Gasteiger partial charge in [-0.1, -0.05) is 0 Å². The molecule has 130 valence electrons. The number of alkyl carbamates (subject to hydrolysis) is 1. The number of methoxy groups -OCH3 is 1. The van der Waals surface area contributed by atoms with Gasteiger partial charge in [-0.2, -0.15) is 0 Å². The predicted octanol–water partition coefficient (Wildman–Crippen LogP) is 0.736. The SMILES string of the molecule is CCOC(=O)NCCOCCOCCCC(=O)OCCOC. The van der Waals surface area contributed by atoms with Crippen molar-refractivity contribution in [3.8, 4) is 0 Å². The van der Waals surface area contributed by atoms with Crippen LogP contribution in [0.25, 0.3) is 0 Å². The molecule has 8 nitrogen and oxygen atoms in total. The second-order valence-corrected chi connectivity index (χ2v) is 4.19. The summed E-state index contributed by atoms with van der Waals surface area (Å²) >= 11 is 0. The molecule has 0 radical (unpaired) electrons. The molecule has 0 saturated carbocycles. The van der Waals surface area contributed by atoms with E-state index in [1.807, 2.05) is 0 Å². The third-order valence-corrected chi connectivity index (χ3v) is 2.38. The van der Waals surface area contributed by atoms with Gasteiger partial charge in [0.2, 0.25) is 0 Å². The normalized spacial score (nSPS) is 10.3. The molecule has 0 aliphatic carbocycles. The van der Waals surface area contributed by atoms with Gasteiger partial charge in [0.15, 0.2) is 0 Å². The topological polar surface area (TPSA) is 92.3 Å². The van der Waals surface area contributed by atoms with Gasteiger partial charge in [-0.25, -0.2) is 4.79 Å². The van der Waals surface area contributed by atoms with E-state index in [1.165, 1.54) is 0 Å². The Morgan fingerprint density at radius 3 is 2.32 bits per heavy atom. The van der Waals surface area contributed by atoms with Crippen LogP contribution >= 0.6 is 0 Å². The van der Waals surface area contributed by atoms with Crippen molar-refractivity contribution in [3.05, 3.63) is 0 Å². The molecule has 0 aromatic heterocycles. The quantitative estimate of drug-likeness (QED) is 0.372. The third-order valence-electron chi connectivity index (χ3n) is 2.38. The maximum Gasteiger partial charge on any atom is 0.407 e. The molecule has 0 bridgehead atoms. The summed E-state index contributed by atoms with van der Waals surface area (Å²) < 4.78 is 24.9. The maximum atomic E-state index is 11.2. The maximum absolute atomic E-state index is 11.2. The highest BCUT2D eigenvalue weighted by molar-refractivity contribution is 5.69. The van der Waals surface area contributed by atoms with Crippen molar-refractivity contribution >= 4 is 12.1 Å². The minimum absolute atomic E-state index is 0.248. The summed E-state index contributed by atoms with van der Waals surface area (Å²) in [5, 5.41) is 2.54. The second kappa shape index (κ2) is 16.0. The van der Waals surface area contributed by atoms with Crippen molar-refractivity contribution in [2.75, 3.05) is 59.9 Å². The average molecular weight is 321 g/mol. The van der Waals surface area contributed by atoms with E-state index in [2.05, 4.69) is 10.1 Å². The molecule has 0 saturated heterocycles. The Labute approximate surface area is 131 Å². The highest BCUT2D eigenvalue weighted by atomic mass is 16.6. The molecular weight excluding hydrogens is 294 g/mol. The molecule has 0 atom stereocenters. The Hall–Kier alpha value is -1.38. The van der Waals surface area contributed by atoms with Gasteiger partial charge >= 0.3 is 12.1 Å². The van der Waals surface area contributed by atoms with Crippen LogP contribution < -0.4 is 5.32 Å². The predicted molar refractivity (Wildman–Crippen MR) is 78.7 cm³/mol. The first-order valence-electron chi connectivity index (χ1n) is 7.41. The highest BCUT2D eigenvalue weighted by Crippen LogP contribution is 1.94. The number of hydrogen-bond donors (Lipinski definition) is 1. The Kier molecular flexibility index (Phi) is 15.0. The minimum Gasteiger partial charge on any atom is -0.463 e. The van der Waals surface area contributed by atoms with Crippen LogP contribution in [0.3, 0.4) is 0 Å². The molecule has 0 spiro atoms. The lowest BCUT2D eigenvalue weighted by molar-refractivity contribution is -0.145. The van der Waals surface area contributed by atoms with Crippen LogP contribution in [0.1, 0.15) is 19.8 Å². The zero-order valence-electron chi connectivity index (χ0n) is 13.4. The molecule has 22 heavy (non-hydrogen) atoms. The largest absolute Gasteiger partial charge is 0.463 e. The Morgan fingerprint density at radius 1 is 0.909 bits per heavy atom. The van der Waals surface area contributed by atoms with E-state index in [1.54, 1.807) is 14.0 Å². The zero-order valence-corrected chi connectivity index (χ0v) is 13.4. The molecule has 1 N–H and O–H groups in total. The van der Waals surface area contributed by atoms with E-state index in [9.17, 15) is 9.59 Å². The number of ether oxygens (including phenoxy) is 5. The molecule has 8 heteroatoms. The lowest BCUT2D eigenvalue weighted by Gasteiger charge is -2.07. The molecule has 0 heterocycles. The monoisotopic (exact) mass is 321 g/mol. The van der Waals surface area contributed by atoms with E-state index in [-0.39, 0.29) is 12.6 Å². The molecule has 0 fully saturated rings. The number of carbonyl (C=O) groups excluding carboxylic acids is 2. The van der Waals surface area contributed by atoms with Crippen molar-refractivity contribution in [3.63, 3.8) is 0 Å². The number of hydrogen-bond acceptors (Lipinski definition) is 7. The average Bonchev–Trinajstić information content (AvgIpc) is 2.49. The van der Waals surface area contributed by atoms with Crippen LogP contribution in [0.15, 0.2) is 0 Å². The van der Waals surface area contributed by atoms with E-state index in [4.69, 9.17) is 18.9 Å². The van der Waals surface area contributed by atoms with Gasteiger partial charge in [0.1, 0.15) is 6.61 Å². The Balaban J connectivity index is 3.17. The fraction of sp³-hybridized carbons (Fsp3) is 0.857. The van der Waals surface area contributed by atoms with Gasteiger partial charge in [-0.3, -0.25) is 4.79 Å². The van der Waals surface area contributed by atoms with Crippen molar-refractivity contribution in [2.45, 2.75) is 19.8 Å². The summed E-state index contributed by atoms with van der Waals surface area (Å²) in [6.45, 7) is 4.92. The van der Waals surface area contributed by atoms with E-state index in [0.29, 0.717) is 59.0 Å². The standard InChI is InChI=1S/C14H27NO7/c1-3-21-14(17)15-6-8-20-11-10-19-7-4-5-13(16)22-12-9-18-2/h3-12H2,1-2H3,(H,15,17). The summed E-state index contributed by atoms with van der Waals surface area (Å²) in [4.78, 5) is 22.2. The lowest BCUT2D eigenvalue weighted by atomic mass is 10.3. The second-order valence-electron chi connectivity index (χ2n) is 4.19. The summed E-state index contributed by atoms with van der Waals surface area (Å²) in [7, 11) is 1.55. The Morgan fingerprint density at radius 2 is 1.64 bits per heavy atom.